The fourth-order valence-electron chi connectivity index (χ4n) is 3.54. The van der Waals surface area contributed by atoms with Crippen LogP contribution in [0.2, 0.25) is 0 Å². The SMILES string of the molecule is CCCC(Sc1nc(C)cc(=O)n1C)C(=O)N1CCN(c2ccc(OC)cc2)CC1. The number of ether oxygens (including phenoxy) is 1. The Hall–Kier alpha value is -2.48. The first-order valence-electron chi connectivity index (χ1n) is 10.3. The molecule has 8 heteroatoms. The number of carbonyl (C=O) groups is 1. The number of aryl methyl sites for hydroxylation is 1. The summed E-state index contributed by atoms with van der Waals surface area (Å²) in [6.45, 7) is 6.84. The maximum absolute atomic E-state index is 13.3. The van der Waals surface area contributed by atoms with Crippen molar-refractivity contribution in [2.24, 2.45) is 7.05 Å². The Kier molecular flexibility index (Phi) is 7.42. The average Bonchev–Trinajstić information content (AvgIpc) is 2.76. The van der Waals surface area contributed by atoms with Crippen LogP contribution in [0.4, 0.5) is 5.69 Å². The highest BCUT2D eigenvalue weighted by atomic mass is 32.2. The Balaban J connectivity index is 1.66. The Morgan fingerprint density at radius 3 is 2.47 bits per heavy atom. The van der Waals surface area contributed by atoms with Crippen molar-refractivity contribution in [3.05, 3.63) is 46.4 Å². The van der Waals surface area contributed by atoms with Crippen LogP contribution in [-0.4, -0.2) is 58.9 Å². The largest absolute Gasteiger partial charge is 0.497 e. The molecule has 30 heavy (non-hydrogen) atoms. The van der Waals surface area contributed by atoms with Crippen molar-refractivity contribution in [1.29, 1.82) is 0 Å². The first-order chi connectivity index (χ1) is 14.4. The van der Waals surface area contributed by atoms with Gasteiger partial charge in [0.25, 0.3) is 5.56 Å². The third-order valence-electron chi connectivity index (χ3n) is 5.32. The summed E-state index contributed by atoms with van der Waals surface area (Å²) in [5, 5.41) is 0.367. The van der Waals surface area contributed by atoms with Gasteiger partial charge in [-0.15, -0.1) is 0 Å². The van der Waals surface area contributed by atoms with Crippen molar-refractivity contribution in [3.8, 4) is 5.75 Å². The highest BCUT2D eigenvalue weighted by Gasteiger charge is 2.29. The van der Waals surface area contributed by atoms with Crippen LogP contribution in [0.3, 0.4) is 0 Å². The van der Waals surface area contributed by atoms with Gasteiger partial charge in [0.2, 0.25) is 5.91 Å². The zero-order valence-electron chi connectivity index (χ0n) is 18.1. The molecule has 2 heterocycles. The smallest absolute Gasteiger partial charge is 0.254 e. The molecule has 3 rings (SSSR count). The molecule has 0 saturated carbocycles. The van der Waals surface area contributed by atoms with Gasteiger partial charge in [0.15, 0.2) is 5.16 Å². The zero-order valence-corrected chi connectivity index (χ0v) is 18.9. The predicted octanol–water partition coefficient (Wildman–Crippen LogP) is 2.71. The van der Waals surface area contributed by atoms with Crippen molar-refractivity contribution in [3.63, 3.8) is 0 Å². The second-order valence-corrected chi connectivity index (χ2v) is 8.65. The van der Waals surface area contributed by atoms with E-state index in [4.69, 9.17) is 4.74 Å². The minimum absolute atomic E-state index is 0.0965. The monoisotopic (exact) mass is 430 g/mol. The molecule has 2 aromatic rings. The fourth-order valence-corrected chi connectivity index (χ4v) is 4.84. The molecule has 0 spiro atoms. The van der Waals surface area contributed by atoms with Crippen molar-refractivity contribution in [2.45, 2.75) is 37.1 Å². The molecule has 1 amide bonds. The number of hydrogen-bond donors (Lipinski definition) is 0. The minimum Gasteiger partial charge on any atom is -0.497 e. The molecule has 0 N–H and O–H groups in total. The van der Waals surface area contributed by atoms with Crippen molar-refractivity contribution >= 4 is 23.4 Å². The highest BCUT2D eigenvalue weighted by Crippen LogP contribution is 2.27. The van der Waals surface area contributed by atoms with Gasteiger partial charge in [0.05, 0.1) is 12.4 Å². The quantitative estimate of drug-likeness (QED) is 0.497. The molecule has 1 unspecified atom stereocenters. The first kappa shape index (κ1) is 22.2. The normalized spacial score (nSPS) is 15.2. The van der Waals surface area contributed by atoms with Crippen molar-refractivity contribution in [1.82, 2.24) is 14.5 Å². The Labute approximate surface area is 182 Å². The summed E-state index contributed by atoms with van der Waals surface area (Å²) < 4.78 is 6.75. The molecule has 1 aliphatic heterocycles. The van der Waals surface area contributed by atoms with Gasteiger partial charge >= 0.3 is 0 Å². The van der Waals surface area contributed by atoms with E-state index < -0.39 is 0 Å². The number of aromatic nitrogens is 2. The molecule has 1 fully saturated rings. The molecule has 7 nitrogen and oxygen atoms in total. The standard InChI is InChI=1S/C22H30N4O3S/c1-5-6-19(30-22-23-16(2)15-20(27)24(22)3)21(28)26-13-11-25(12-14-26)17-7-9-18(29-4)10-8-17/h7-10,15,19H,5-6,11-14H2,1-4H3. The number of nitrogens with zero attached hydrogens (tertiary/aromatic N) is 4. The fraction of sp³-hybridized carbons (Fsp3) is 0.500. The number of benzene rings is 1. The zero-order chi connectivity index (χ0) is 21.7. The molecular formula is C22H30N4O3S. The number of amides is 1. The van der Waals surface area contributed by atoms with Crippen LogP contribution in [0.25, 0.3) is 0 Å². The van der Waals surface area contributed by atoms with E-state index in [-0.39, 0.29) is 16.7 Å². The first-order valence-corrected chi connectivity index (χ1v) is 11.2. The van der Waals surface area contributed by atoms with Crippen LogP contribution < -0.4 is 15.2 Å². The Bertz CT molecular complexity index is 921. The van der Waals surface area contributed by atoms with Crippen LogP contribution in [0.1, 0.15) is 25.5 Å². The van der Waals surface area contributed by atoms with Gasteiger partial charge in [-0.05, 0) is 37.6 Å². The van der Waals surface area contributed by atoms with Gasteiger partial charge in [0, 0.05) is 50.7 Å². The van der Waals surface area contributed by atoms with Crippen LogP contribution >= 0.6 is 11.8 Å². The molecule has 1 atom stereocenters. The molecule has 1 aromatic heterocycles. The van der Waals surface area contributed by atoms with Gasteiger partial charge in [0.1, 0.15) is 5.75 Å². The lowest BCUT2D eigenvalue weighted by Gasteiger charge is -2.37. The topological polar surface area (TPSA) is 67.7 Å². The highest BCUT2D eigenvalue weighted by molar-refractivity contribution is 8.00. The van der Waals surface area contributed by atoms with Crippen LogP contribution in [-0.2, 0) is 11.8 Å². The second-order valence-electron chi connectivity index (χ2n) is 7.48. The van der Waals surface area contributed by atoms with Gasteiger partial charge in [-0.1, -0.05) is 25.1 Å². The van der Waals surface area contributed by atoms with Crippen molar-refractivity contribution in [2.75, 3.05) is 38.2 Å². The van der Waals surface area contributed by atoms with Gasteiger partial charge in [-0.3, -0.25) is 14.2 Å². The van der Waals surface area contributed by atoms with E-state index in [9.17, 15) is 9.59 Å². The van der Waals surface area contributed by atoms with Crippen LogP contribution in [0.5, 0.6) is 5.75 Å². The summed E-state index contributed by atoms with van der Waals surface area (Å²) in [7, 11) is 3.37. The third kappa shape index (κ3) is 5.16. The molecule has 1 saturated heterocycles. The second kappa shape index (κ2) is 10.0. The maximum atomic E-state index is 13.3. The van der Waals surface area contributed by atoms with E-state index in [1.807, 2.05) is 17.0 Å². The molecule has 1 aliphatic rings. The van der Waals surface area contributed by atoms with Crippen LogP contribution in [0.15, 0.2) is 40.3 Å². The summed E-state index contributed by atoms with van der Waals surface area (Å²) in [6, 6.07) is 9.53. The van der Waals surface area contributed by atoms with Gasteiger partial charge in [-0.25, -0.2) is 4.98 Å². The van der Waals surface area contributed by atoms with E-state index in [1.54, 1.807) is 21.1 Å². The summed E-state index contributed by atoms with van der Waals surface area (Å²) in [6.07, 6.45) is 1.65. The van der Waals surface area contributed by atoms with E-state index in [1.165, 1.54) is 22.4 Å². The average molecular weight is 431 g/mol. The summed E-state index contributed by atoms with van der Waals surface area (Å²) in [5.41, 5.74) is 1.72. The third-order valence-corrected chi connectivity index (χ3v) is 6.62. The van der Waals surface area contributed by atoms with Gasteiger partial charge < -0.3 is 14.5 Å². The van der Waals surface area contributed by atoms with E-state index in [0.717, 1.165) is 37.4 Å². The van der Waals surface area contributed by atoms with E-state index >= 15 is 0 Å². The number of hydrogen-bond acceptors (Lipinski definition) is 6. The Morgan fingerprint density at radius 2 is 1.87 bits per heavy atom. The lowest BCUT2D eigenvalue weighted by Crippen LogP contribution is -2.51. The number of thioether (sulfide) groups is 1. The van der Waals surface area contributed by atoms with E-state index in [2.05, 4.69) is 28.9 Å². The summed E-state index contributed by atoms with van der Waals surface area (Å²) in [4.78, 5) is 34.1. The molecule has 162 valence electrons. The number of rotatable bonds is 7. The van der Waals surface area contributed by atoms with E-state index in [0.29, 0.717) is 23.9 Å². The molecule has 0 aliphatic carbocycles. The molecule has 1 aromatic carbocycles. The predicted molar refractivity (Wildman–Crippen MR) is 121 cm³/mol. The van der Waals surface area contributed by atoms with Gasteiger partial charge in [-0.2, -0.15) is 0 Å². The van der Waals surface area contributed by atoms with Crippen molar-refractivity contribution < 1.29 is 9.53 Å². The molecule has 0 radical (unpaired) electrons. The molecular weight excluding hydrogens is 400 g/mol. The number of methoxy groups -OCH3 is 1. The minimum atomic E-state index is -0.234. The number of carbonyl (C=O) groups excluding carboxylic acids is 1. The lowest BCUT2D eigenvalue weighted by atomic mass is 10.2. The maximum Gasteiger partial charge on any atom is 0.254 e. The van der Waals surface area contributed by atoms with Crippen LogP contribution in [0, 0.1) is 6.92 Å². The lowest BCUT2D eigenvalue weighted by molar-refractivity contribution is -0.131. The Morgan fingerprint density at radius 1 is 1.20 bits per heavy atom. The molecule has 0 bridgehead atoms. The summed E-state index contributed by atoms with van der Waals surface area (Å²) >= 11 is 1.40. The summed E-state index contributed by atoms with van der Waals surface area (Å²) in [5.74, 6) is 0.971. The number of piperazine rings is 1. The number of anilines is 1.